The molecule has 1 heterocycles. The van der Waals surface area contributed by atoms with Gasteiger partial charge in [-0.3, -0.25) is 4.79 Å². The van der Waals surface area contributed by atoms with Crippen LogP contribution in [0.5, 0.6) is 0 Å². The molecule has 1 N–H and O–H groups in total. The largest absolute Gasteiger partial charge is 0.471 e. The van der Waals surface area contributed by atoms with Gasteiger partial charge in [-0.1, -0.05) is 59.8 Å². The van der Waals surface area contributed by atoms with Crippen LogP contribution < -0.4 is 5.32 Å². The zero-order valence-corrected chi connectivity index (χ0v) is 14.7. The molecule has 0 unspecified atom stereocenters. The van der Waals surface area contributed by atoms with Crippen LogP contribution in [-0.2, 0) is 22.9 Å². The number of rotatable bonds is 5. The van der Waals surface area contributed by atoms with Gasteiger partial charge in [-0.25, -0.2) is 0 Å². The van der Waals surface area contributed by atoms with E-state index in [-0.39, 0.29) is 11.7 Å². The van der Waals surface area contributed by atoms with Crippen molar-refractivity contribution in [1.82, 2.24) is 15.5 Å². The van der Waals surface area contributed by atoms with Crippen molar-refractivity contribution in [1.29, 1.82) is 0 Å². The number of alkyl halides is 3. The lowest BCUT2D eigenvalue weighted by Gasteiger charge is -2.15. The highest BCUT2D eigenvalue weighted by atomic mass is 19.4. The monoisotopic (exact) mass is 387 g/mol. The van der Waals surface area contributed by atoms with Crippen molar-refractivity contribution in [3.8, 4) is 11.4 Å². The van der Waals surface area contributed by atoms with Crippen LogP contribution in [-0.4, -0.2) is 16.0 Å². The van der Waals surface area contributed by atoms with Crippen LogP contribution >= 0.6 is 0 Å². The Bertz CT molecular complexity index is 978. The molecule has 144 valence electrons. The second-order valence-electron chi connectivity index (χ2n) is 6.75. The van der Waals surface area contributed by atoms with E-state index in [0.29, 0.717) is 12.1 Å². The van der Waals surface area contributed by atoms with Crippen molar-refractivity contribution in [2.24, 2.45) is 0 Å². The molecule has 0 radical (unpaired) electrons. The van der Waals surface area contributed by atoms with Crippen molar-refractivity contribution >= 4 is 5.91 Å². The Balaban J connectivity index is 1.40. The third-order valence-corrected chi connectivity index (χ3v) is 4.84. The number of aromatic nitrogens is 2. The van der Waals surface area contributed by atoms with Crippen molar-refractivity contribution in [2.45, 2.75) is 31.0 Å². The summed E-state index contributed by atoms with van der Waals surface area (Å²) in [6.45, 7) is 0.327. The maximum absolute atomic E-state index is 12.6. The van der Waals surface area contributed by atoms with Gasteiger partial charge >= 0.3 is 12.1 Å². The number of hydrogen-bond donors (Lipinski definition) is 1. The molecule has 1 aromatic heterocycles. The van der Waals surface area contributed by atoms with Crippen LogP contribution in [0.1, 0.15) is 29.9 Å². The second kappa shape index (κ2) is 6.78. The maximum Gasteiger partial charge on any atom is 0.471 e. The third-order valence-electron chi connectivity index (χ3n) is 4.84. The molecular weight excluding hydrogens is 371 g/mol. The lowest BCUT2D eigenvalue weighted by atomic mass is 9.95. The third kappa shape index (κ3) is 3.49. The quantitative estimate of drug-likeness (QED) is 0.716. The van der Waals surface area contributed by atoms with E-state index in [0.717, 1.165) is 24.0 Å². The number of benzene rings is 2. The first-order valence-electron chi connectivity index (χ1n) is 8.72. The average Bonchev–Trinajstić information content (AvgIpc) is 3.35. The fourth-order valence-corrected chi connectivity index (χ4v) is 3.11. The van der Waals surface area contributed by atoms with Crippen molar-refractivity contribution < 1.29 is 22.5 Å². The van der Waals surface area contributed by atoms with E-state index >= 15 is 0 Å². The Morgan fingerprint density at radius 2 is 1.75 bits per heavy atom. The molecule has 5 nitrogen and oxygen atoms in total. The fourth-order valence-electron chi connectivity index (χ4n) is 3.11. The van der Waals surface area contributed by atoms with Gasteiger partial charge in [0, 0.05) is 12.1 Å². The molecule has 2 aromatic carbocycles. The molecule has 28 heavy (non-hydrogen) atoms. The highest BCUT2D eigenvalue weighted by Gasteiger charge is 2.50. The summed E-state index contributed by atoms with van der Waals surface area (Å²) < 4.78 is 41.9. The SMILES string of the molecule is O=C(NCc1ccc(-c2noc(C(F)(F)F)n2)cc1)C1(c2ccccc2)CC1. The van der Waals surface area contributed by atoms with Crippen LogP contribution in [0.2, 0.25) is 0 Å². The van der Waals surface area contributed by atoms with E-state index in [9.17, 15) is 18.0 Å². The van der Waals surface area contributed by atoms with Gasteiger partial charge in [0.25, 0.3) is 0 Å². The van der Waals surface area contributed by atoms with Gasteiger partial charge < -0.3 is 9.84 Å². The first kappa shape index (κ1) is 18.2. The van der Waals surface area contributed by atoms with E-state index in [1.54, 1.807) is 24.3 Å². The number of carbonyl (C=O) groups is 1. The molecule has 1 amide bonds. The molecule has 1 aliphatic rings. The van der Waals surface area contributed by atoms with E-state index < -0.39 is 17.5 Å². The van der Waals surface area contributed by atoms with Crippen LogP contribution in [0.25, 0.3) is 11.4 Å². The number of carbonyl (C=O) groups excluding carboxylic acids is 1. The molecule has 0 bridgehead atoms. The summed E-state index contributed by atoms with van der Waals surface area (Å²) in [4.78, 5) is 16.0. The maximum atomic E-state index is 12.6. The van der Waals surface area contributed by atoms with E-state index in [4.69, 9.17) is 0 Å². The molecule has 4 rings (SSSR count). The zero-order valence-electron chi connectivity index (χ0n) is 14.7. The summed E-state index contributed by atoms with van der Waals surface area (Å²) >= 11 is 0. The number of halogens is 3. The fraction of sp³-hybridized carbons (Fsp3) is 0.250. The van der Waals surface area contributed by atoms with Gasteiger partial charge in [-0.15, -0.1) is 0 Å². The number of hydrogen-bond acceptors (Lipinski definition) is 4. The van der Waals surface area contributed by atoms with Gasteiger partial charge in [0.2, 0.25) is 11.7 Å². The molecule has 8 heteroatoms. The van der Waals surface area contributed by atoms with Crippen LogP contribution in [0, 0.1) is 0 Å². The summed E-state index contributed by atoms with van der Waals surface area (Å²) in [6, 6.07) is 16.3. The number of nitrogens with zero attached hydrogens (tertiary/aromatic N) is 2. The summed E-state index contributed by atoms with van der Waals surface area (Å²) in [5.41, 5.74) is 1.79. The van der Waals surface area contributed by atoms with Gasteiger partial charge in [-0.2, -0.15) is 18.2 Å². The average molecular weight is 387 g/mol. The highest BCUT2D eigenvalue weighted by molar-refractivity contribution is 5.91. The van der Waals surface area contributed by atoms with Crippen LogP contribution in [0.15, 0.2) is 59.1 Å². The van der Waals surface area contributed by atoms with Crippen LogP contribution in [0.3, 0.4) is 0 Å². The summed E-state index contributed by atoms with van der Waals surface area (Å²) in [7, 11) is 0. The van der Waals surface area contributed by atoms with E-state index in [1.165, 1.54) is 0 Å². The molecule has 1 aliphatic carbocycles. The molecule has 1 fully saturated rings. The standard InChI is InChI=1S/C20H16F3N3O2/c21-20(22,23)18-25-16(26-28-18)14-8-6-13(7-9-14)12-24-17(27)19(10-11-19)15-4-2-1-3-5-15/h1-9H,10-12H2,(H,24,27). The number of nitrogens with one attached hydrogen (secondary N) is 1. The van der Waals surface area contributed by atoms with Gasteiger partial charge in [0.05, 0.1) is 5.41 Å². The predicted octanol–water partition coefficient (Wildman–Crippen LogP) is 4.10. The Morgan fingerprint density at radius 3 is 2.32 bits per heavy atom. The zero-order chi connectivity index (χ0) is 19.8. The van der Waals surface area contributed by atoms with Gasteiger partial charge in [0.1, 0.15) is 0 Å². The summed E-state index contributed by atoms with van der Waals surface area (Å²) in [5, 5.41) is 6.30. The van der Waals surface area contributed by atoms with E-state index in [1.807, 2.05) is 30.3 Å². The smallest absolute Gasteiger partial charge is 0.351 e. The lowest BCUT2D eigenvalue weighted by Crippen LogP contribution is -2.34. The first-order valence-corrected chi connectivity index (χ1v) is 8.72. The molecule has 3 aromatic rings. The number of amides is 1. The van der Waals surface area contributed by atoms with Crippen LogP contribution in [0.4, 0.5) is 13.2 Å². The van der Waals surface area contributed by atoms with E-state index in [2.05, 4.69) is 20.0 Å². The lowest BCUT2D eigenvalue weighted by molar-refractivity contribution is -0.159. The topological polar surface area (TPSA) is 68.0 Å². The minimum Gasteiger partial charge on any atom is -0.351 e. The molecular formula is C20H16F3N3O2. The normalized spacial score (nSPS) is 15.2. The van der Waals surface area contributed by atoms with Crippen molar-refractivity contribution in [2.75, 3.05) is 0 Å². The minimum atomic E-state index is -4.67. The van der Waals surface area contributed by atoms with Gasteiger partial charge in [-0.05, 0) is 24.0 Å². The van der Waals surface area contributed by atoms with Crippen molar-refractivity contribution in [3.05, 3.63) is 71.6 Å². The molecule has 0 aliphatic heterocycles. The molecule has 0 spiro atoms. The minimum absolute atomic E-state index is 0.0178. The predicted molar refractivity (Wildman–Crippen MR) is 93.9 cm³/mol. The molecule has 1 saturated carbocycles. The second-order valence-corrected chi connectivity index (χ2v) is 6.75. The van der Waals surface area contributed by atoms with Gasteiger partial charge in [0.15, 0.2) is 0 Å². The highest BCUT2D eigenvalue weighted by Crippen LogP contribution is 2.48. The Labute approximate surface area is 158 Å². The Kier molecular flexibility index (Phi) is 4.41. The first-order chi connectivity index (χ1) is 13.4. The Hall–Kier alpha value is -3.16. The van der Waals surface area contributed by atoms with Crippen molar-refractivity contribution in [3.63, 3.8) is 0 Å². The summed E-state index contributed by atoms with van der Waals surface area (Å²) in [5.74, 6) is -1.53. The molecule has 0 saturated heterocycles. The Morgan fingerprint density at radius 1 is 1.07 bits per heavy atom. The molecule has 0 atom stereocenters. The summed E-state index contributed by atoms with van der Waals surface area (Å²) in [6.07, 6.45) is -3.03.